The average Bonchev–Trinajstić information content (AvgIpc) is 2.52. The first-order valence-electron chi connectivity index (χ1n) is 6.20. The Morgan fingerprint density at radius 2 is 1.39 bits per heavy atom. The zero-order valence-electron chi connectivity index (χ0n) is 13.8. The predicted octanol–water partition coefficient (Wildman–Crippen LogP) is 0.881. The molecule has 0 bridgehead atoms. The molecule has 0 saturated carbocycles. The molecule has 0 aliphatic rings. The van der Waals surface area contributed by atoms with Crippen molar-refractivity contribution in [1.29, 1.82) is 0 Å². The van der Waals surface area contributed by atoms with E-state index >= 15 is 0 Å². The number of ether oxygens (including phenoxy) is 4. The molecule has 0 heterocycles. The van der Waals surface area contributed by atoms with Gasteiger partial charge in [-0.2, -0.15) is 0 Å². The van der Waals surface area contributed by atoms with Crippen molar-refractivity contribution in [3.63, 3.8) is 0 Å². The van der Waals surface area contributed by atoms with Gasteiger partial charge in [0.25, 0.3) is 0 Å². The summed E-state index contributed by atoms with van der Waals surface area (Å²) in [5.74, 6) is -2.30. The van der Waals surface area contributed by atoms with E-state index in [-0.39, 0.29) is 39.3 Å². The predicted molar refractivity (Wildman–Crippen MR) is 77.7 cm³/mol. The second kappa shape index (κ2) is 15.2. The van der Waals surface area contributed by atoms with Crippen molar-refractivity contribution in [2.24, 2.45) is 5.92 Å². The molecule has 0 aliphatic carbocycles. The fourth-order valence-corrected chi connectivity index (χ4v) is 1.08. The van der Waals surface area contributed by atoms with E-state index in [0.717, 1.165) is 0 Å². The van der Waals surface area contributed by atoms with E-state index in [9.17, 15) is 19.2 Å². The van der Waals surface area contributed by atoms with Crippen molar-refractivity contribution in [3.05, 3.63) is 12.2 Å². The third kappa shape index (κ3) is 13.6. The van der Waals surface area contributed by atoms with Crippen LogP contribution in [-0.4, -0.2) is 52.3 Å². The number of hydrogen-bond acceptors (Lipinski definition) is 8. The fourth-order valence-electron chi connectivity index (χ4n) is 1.08. The molecule has 8 nitrogen and oxygen atoms in total. The molecule has 0 N–H and O–H groups in total. The van der Waals surface area contributed by atoms with Crippen molar-refractivity contribution >= 4 is 23.9 Å². The summed E-state index contributed by atoms with van der Waals surface area (Å²) in [6, 6.07) is 0. The standard InChI is InChI=1S/C7H12O4.C7H10O4.Rh.H2/c2*1-5(7(9)11-3)4-6(8)10-2;;/h5H,4H2,1-3H3;1,4H2,2-3H3;;1H. The van der Waals surface area contributed by atoms with Gasteiger partial charge >= 0.3 is 23.9 Å². The molecule has 9 heteroatoms. The minimum absolute atomic E-state index is 0. The van der Waals surface area contributed by atoms with Gasteiger partial charge in [0, 0.05) is 26.5 Å². The third-order valence-corrected chi connectivity index (χ3v) is 2.36. The number of carbonyl (C=O) groups excluding carboxylic acids is 4. The summed E-state index contributed by atoms with van der Waals surface area (Å²) >= 11 is 0. The van der Waals surface area contributed by atoms with Gasteiger partial charge in [-0.05, 0) is 0 Å². The summed E-state index contributed by atoms with van der Waals surface area (Å²) in [6.07, 6.45) is -0.0493. The van der Waals surface area contributed by atoms with Crippen LogP contribution in [0, 0.1) is 5.92 Å². The van der Waals surface area contributed by atoms with Crippen LogP contribution in [0.25, 0.3) is 0 Å². The summed E-state index contributed by atoms with van der Waals surface area (Å²) in [4.78, 5) is 42.5. The molecule has 0 amide bonds. The summed E-state index contributed by atoms with van der Waals surface area (Å²) < 4.78 is 17.4. The van der Waals surface area contributed by atoms with Gasteiger partial charge < -0.3 is 18.9 Å². The molecule has 0 rings (SSSR count). The van der Waals surface area contributed by atoms with E-state index in [1.165, 1.54) is 28.4 Å². The summed E-state index contributed by atoms with van der Waals surface area (Å²) in [5.41, 5.74) is 0.0966. The monoisotopic (exact) mass is 423 g/mol. The molecule has 0 saturated heterocycles. The van der Waals surface area contributed by atoms with E-state index < -0.39 is 29.8 Å². The van der Waals surface area contributed by atoms with Crippen LogP contribution in [0.15, 0.2) is 12.2 Å². The first kappa shape index (κ1) is 26.2. The van der Waals surface area contributed by atoms with Gasteiger partial charge in [0.05, 0.1) is 47.2 Å². The molecule has 23 heavy (non-hydrogen) atoms. The van der Waals surface area contributed by atoms with Crippen LogP contribution in [0.2, 0.25) is 0 Å². The maximum atomic E-state index is 10.7. The van der Waals surface area contributed by atoms with E-state index in [2.05, 4.69) is 25.5 Å². The third-order valence-electron chi connectivity index (χ3n) is 2.36. The van der Waals surface area contributed by atoms with Crippen molar-refractivity contribution in [3.8, 4) is 0 Å². The molecule has 1 unspecified atom stereocenters. The Kier molecular flexibility index (Phi) is 17.2. The Balaban J connectivity index is -0.000000154. The van der Waals surface area contributed by atoms with Gasteiger partial charge in [-0.1, -0.05) is 13.5 Å². The Bertz CT molecular complexity index is 425. The van der Waals surface area contributed by atoms with E-state index in [4.69, 9.17) is 0 Å². The number of esters is 4. The Hall–Kier alpha value is -1.76. The largest absolute Gasteiger partial charge is 0.469 e. The zero-order valence-corrected chi connectivity index (χ0v) is 15.4. The summed E-state index contributed by atoms with van der Waals surface area (Å²) in [5, 5.41) is 0. The molecule has 1 radical (unpaired) electrons. The molecule has 0 spiro atoms. The van der Waals surface area contributed by atoms with E-state index in [1.54, 1.807) is 6.92 Å². The number of carbonyl (C=O) groups is 4. The molecule has 1 atom stereocenters. The molecule has 0 aliphatic heterocycles. The SMILES string of the molecule is C=C(CC(=O)OC)C(=O)OC.COC(=O)CC(C)C(=O)OC.[HH].[Rh]. The fraction of sp³-hybridized carbons (Fsp3) is 0.571. The zero-order chi connectivity index (χ0) is 17.7. The van der Waals surface area contributed by atoms with Gasteiger partial charge in [0.15, 0.2) is 0 Å². The van der Waals surface area contributed by atoms with Crippen molar-refractivity contribution in [2.45, 2.75) is 19.8 Å². The first-order valence-corrected chi connectivity index (χ1v) is 6.20. The molecule has 0 fully saturated rings. The Morgan fingerprint density at radius 1 is 0.913 bits per heavy atom. The molecular formula is C14H24O8Rh. The molecule has 0 aromatic rings. The van der Waals surface area contributed by atoms with Gasteiger partial charge in [-0.3, -0.25) is 14.4 Å². The molecular weight excluding hydrogens is 399 g/mol. The smallest absolute Gasteiger partial charge is 0.333 e. The van der Waals surface area contributed by atoms with Crippen LogP contribution in [0.4, 0.5) is 0 Å². The average molecular weight is 423 g/mol. The van der Waals surface area contributed by atoms with E-state index in [1.807, 2.05) is 0 Å². The van der Waals surface area contributed by atoms with Crippen LogP contribution >= 0.6 is 0 Å². The van der Waals surface area contributed by atoms with Gasteiger partial charge in [-0.25, -0.2) is 4.79 Å². The first-order chi connectivity index (χ1) is 10.2. The molecule has 137 valence electrons. The van der Waals surface area contributed by atoms with Gasteiger partial charge in [0.2, 0.25) is 0 Å². The van der Waals surface area contributed by atoms with Crippen molar-refractivity contribution in [2.75, 3.05) is 28.4 Å². The quantitative estimate of drug-likeness (QED) is 0.268. The Morgan fingerprint density at radius 3 is 1.74 bits per heavy atom. The van der Waals surface area contributed by atoms with Crippen LogP contribution in [0.5, 0.6) is 0 Å². The second-order valence-corrected chi connectivity index (χ2v) is 4.05. The summed E-state index contributed by atoms with van der Waals surface area (Å²) in [7, 11) is 5.04. The normalized spacial score (nSPS) is 9.78. The number of hydrogen-bond donors (Lipinski definition) is 0. The number of rotatable bonds is 6. The summed E-state index contributed by atoms with van der Waals surface area (Å²) in [6.45, 7) is 4.95. The minimum atomic E-state index is -0.588. The molecule has 0 aromatic heterocycles. The van der Waals surface area contributed by atoms with Crippen molar-refractivity contribution in [1.82, 2.24) is 0 Å². The Labute approximate surface area is 149 Å². The second-order valence-electron chi connectivity index (χ2n) is 4.05. The van der Waals surface area contributed by atoms with Crippen molar-refractivity contribution < 1.29 is 59.0 Å². The maximum absolute atomic E-state index is 10.7. The van der Waals surface area contributed by atoms with Crippen LogP contribution in [0.3, 0.4) is 0 Å². The number of methoxy groups -OCH3 is 4. The maximum Gasteiger partial charge on any atom is 0.333 e. The van der Waals surface area contributed by atoms with Crippen LogP contribution < -0.4 is 0 Å². The van der Waals surface area contributed by atoms with Gasteiger partial charge in [0.1, 0.15) is 0 Å². The van der Waals surface area contributed by atoms with E-state index in [0.29, 0.717) is 0 Å². The topological polar surface area (TPSA) is 105 Å². The minimum Gasteiger partial charge on any atom is -0.469 e. The molecule has 0 aromatic carbocycles. The van der Waals surface area contributed by atoms with Gasteiger partial charge in [-0.15, -0.1) is 0 Å². The van der Waals surface area contributed by atoms with Crippen LogP contribution in [-0.2, 0) is 57.6 Å². The van der Waals surface area contributed by atoms with Crippen LogP contribution in [0.1, 0.15) is 21.2 Å².